The molecule has 100 valence electrons. The van der Waals surface area contributed by atoms with E-state index in [9.17, 15) is 22.2 Å². The Labute approximate surface area is 103 Å². The second kappa shape index (κ2) is 4.97. The number of nitrogens with zero attached hydrogens (tertiary/aromatic N) is 2. The van der Waals surface area contributed by atoms with E-state index in [1.165, 1.54) is 32.3 Å². The Balaban J connectivity index is 3.49. The van der Waals surface area contributed by atoms with Gasteiger partial charge in [-0.1, -0.05) is 18.2 Å². The van der Waals surface area contributed by atoms with Gasteiger partial charge in [-0.25, -0.2) is 9.00 Å². The summed E-state index contributed by atoms with van der Waals surface area (Å²) >= 11 is 0. The Morgan fingerprint density at radius 1 is 1.22 bits per heavy atom. The fourth-order valence-electron chi connectivity index (χ4n) is 1.03. The van der Waals surface area contributed by atoms with Crippen molar-refractivity contribution in [2.75, 3.05) is 14.1 Å². The molecular formula is C10H11F3N2O2S. The van der Waals surface area contributed by atoms with Crippen LogP contribution in [0.15, 0.2) is 39.6 Å². The first-order chi connectivity index (χ1) is 8.18. The van der Waals surface area contributed by atoms with E-state index in [4.69, 9.17) is 0 Å². The SMILES string of the molecule is CN(C)C(=O)N=S(=O)(c1ccccc1)C(F)(F)F. The van der Waals surface area contributed by atoms with Gasteiger partial charge in [0, 0.05) is 14.1 Å². The number of alkyl halides is 3. The second-order valence-electron chi connectivity index (χ2n) is 3.55. The number of hydrogen-bond acceptors (Lipinski definition) is 2. The third-order valence-corrected chi connectivity index (χ3v) is 3.92. The lowest BCUT2D eigenvalue weighted by Crippen LogP contribution is -2.27. The summed E-state index contributed by atoms with van der Waals surface area (Å²) in [5.74, 6) is 0. The van der Waals surface area contributed by atoms with Crippen LogP contribution in [0.2, 0.25) is 0 Å². The van der Waals surface area contributed by atoms with E-state index in [0.29, 0.717) is 0 Å². The first kappa shape index (κ1) is 14.5. The number of benzene rings is 1. The lowest BCUT2D eigenvalue weighted by atomic mass is 10.4. The third kappa shape index (κ3) is 2.81. The molecule has 0 aliphatic heterocycles. The quantitative estimate of drug-likeness (QED) is 0.794. The maximum atomic E-state index is 12.9. The average molecular weight is 280 g/mol. The predicted octanol–water partition coefficient (Wildman–Crippen LogP) is 2.71. The van der Waals surface area contributed by atoms with Gasteiger partial charge in [0.1, 0.15) is 0 Å². The molecule has 2 amide bonds. The standard InChI is InChI=1S/C10H11F3N2O2S/c1-15(2)9(16)14-18(17,10(11,12)13)8-6-4-3-5-7-8/h3-7H,1-2H3. The van der Waals surface area contributed by atoms with E-state index in [-0.39, 0.29) is 0 Å². The van der Waals surface area contributed by atoms with E-state index in [0.717, 1.165) is 17.0 Å². The molecule has 4 nitrogen and oxygen atoms in total. The molecule has 0 saturated heterocycles. The van der Waals surface area contributed by atoms with Crippen molar-refractivity contribution in [3.63, 3.8) is 0 Å². The maximum absolute atomic E-state index is 12.9. The minimum absolute atomic E-state index is 0.535. The zero-order chi connectivity index (χ0) is 14.0. The number of halogens is 3. The Hall–Kier alpha value is -1.57. The lowest BCUT2D eigenvalue weighted by molar-refractivity contribution is -0.0403. The van der Waals surface area contributed by atoms with Crippen LogP contribution in [-0.4, -0.2) is 34.7 Å². The van der Waals surface area contributed by atoms with Crippen LogP contribution in [0.4, 0.5) is 18.0 Å². The molecule has 0 aromatic heterocycles. The summed E-state index contributed by atoms with van der Waals surface area (Å²) in [7, 11) is -2.34. The lowest BCUT2D eigenvalue weighted by Gasteiger charge is -2.14. The van der Waals surface area contributed by atoms with Gasteiger partial charge in [-0.2, -0.15) is 13.2 Å². The van der Waals surface area contributed by atoms with Gasteiger partial charge in [0.2, 0.25) is 0 Å². The number of carbonyl (C=O) groups is 1. The van der Waals surface area contributed by atoms with Gasteiger partial charge in [0.25, 0.3) is 0 Å². The van der Waals surface area contributed by atoms with E-state index in [2.05, 4.69) is 4.36 Å². The van der Waals surface area contributed by atoms with Crippen molar-refractivity contribution >= 4 is 15.8 Å². The molecule has 0 fully saturated rings. The monoisotopic (exact) mass is 280 g/mol. The van der Waals surface area contributed by atoms with Crippen LogP contribution in [0.25, 0.3) is 0 Å². The molecule has 1 atom stereocenters. The molecule has 0 spiro atoms. The molecular weight excluding hydrogens is 269 g/mol. The number of carbonyl (C=O) groups excluding carboxylic acids is 1. The first-order valence-corrected chi connectivity index (χ1v) is 6.30. The van der Waals surface area contributed by atoms with Gasteiger partial charge in [-0.15, -0.1) is 4.36 Å². The van der Waals surface area contributed by atoms with Crippen molar-refractivity contribution in [3.05, 3.63) is 30.3 Å². The largest absolute Gasteiger partial charge is 0.484 e. The predicted molar refractivity (Wildman–Crippen MR) is 60.4 cm³/mol. The van der Waals surface area contributed by atoms with Gasteiger partial charge in [0.05, 0.1) is 4.90 Å². The topological polar surface area (TPSA) is 49.7 Å². The number of amides is 2. The molecule has 0 saturated carbocycles. The van der Waals surface area contributed by atoms with E-state index >= 15 is 0 Å². The summed E-state index contributed by atoms with van der Waals surface area (Å²) < 4.78 is 53.4. The van der Waals surface area contributed by atoms with Crippen molar-refractivity contribution in [2.24, 2.45) is 4.36 Å². The third-order valence-electron chi connectivity index (χ3n) is 1.97. The number of rotatable bonds is 1. The van der Waals surface area contributed by atoms with Crippen LogP contribution >= 0.6 is 0 Å². The highest BCUT2D eigenvalue weighted by atomic mass is 32.2. The minimum atomic E-state index is -5.11. The molecule has 0 radical (unpaired) electrons. The van der Waals surface area contributed by atoms with Gasteiger partial charge >= 0.3 is 11.5 Å². The summed E-state index contributed by atoms with van der Waals surface area (Å²) in [6.45, 7) is 0. The molecule has 1 aromatic rings. The molecule has 0 aliphatic carbocycles. The number of urea groups is 1. The van der Waals surface area contributed by atoms with Crippen LogP contribution in [0.5, 0.6) is 0 Å². The molecule has 0 aliphatic rings. The summed E-state index contributed by atoms with van der Waals surface area (Å²) in [6, 6.07) is 4.95. The van der Waals surface area contributed by atoms with Crippen LogP contribution < -0.4 is 0 Å². The molecule has 1 rings (SSSR count). The van der Waals surface area contributed by atoms with E-state index < -0.39 is 26.2 Å². The second-order valence-corrected chi connectivity index (χ2v) is 5.72. The summed E-state index contributed by atoms with van der Waals surface area (Å²) in [5, 5.41) is 0. The Morgan fingerprint density at radius 2 is 1.72 bits per heavy atom. The maximum Gasteiger partial charge on any atom is 0.484 e. The molecule has 1 aromatic carbocycles. The van der Waals surface area contributed by atoms with Crippen LogP contribution in [0.3, 0.4) is 0 Å². The van der Waals surface area contributed by atoms with Crippen molar-refractivity contribution < 1.29 is 22.2 Å². The van der Waals surface area contributed by atoms with Crippen LogP contribution in [0.1, 0.15) is 0 Å². The Bertz CT molecular complexity index is 546. The van der Waals surface area contributed by atoms with E-state index in [1.807, 2.05) is 0 Å². The van der Waals surface area contributed by atoms with Gasteiger partial charge in [-0.05, 0) is 12.1 Å². The first-order valence-electron chi connectivity index (χ1n) is 4.78. The highest BCUT2D eigenvalue weighted by molar-refractivity contribution is 7.94. The van der Waals surface area contributed by atoms with Crippen LogP contribution in [-0.2, 0) is 9.73 Å². The highest BCUT2D eigenvalue weighted by Crippen LogP contribution is 2.32. The molecule has 0 heterocycles. The molecule has 8 heteroatoms. The molecule has 18 heavy (non-hydrogen) atoms. The zero-order valence-corrected chi connectivity index (χ0v) is 10.5. The Kier molecular flexibility index (Phi) is 4.00. The van der Waals surface area contributed by atoms with Crippen molar-refractivity contribution in [1.29, 1.82) is 0 Å². The van der Waals surface area contributed by atoms with Crippen molar-refractivity contribution in [1.82, 2.24) is 4.90 Å². The van der Waals surface area contributed by atoms with Gasteiger partial charge in [0.15, 0.2) is 9.73 Å². The summed E-state index contributed by atoms with van der Waals surface area (Å²) in [6.07, 6.45) is 0. The summed E-state index contributed by atoms with van der Waals surface area (Å²) in [5.41, 5.74) is -5.11. The fourth-order valence-corrected chi connectivity index (χ4v) is 2.42. The highest BCUT2D eigenvalue weighted by Gasteiger charge is 2.45. The van der Waals surface area contributed by atoms with Gasteiger partial charge in [-0.3, -0.25) is 0 Å². The molecule has 0 N–H and O–H groups in total. The summed E-state index contributed by atoms with van der Waals surface area (Å²) in [4.78, 5) is 11.6. The number of hydrogen-bond donors (Lipinski definition) is 0. The van der Waals surface area contributed by atoms with Crippen LogP contribution in [0, 0.1) is 0 Å². The van der Waals surface area contributed by atoms with Crippen molar-refractivity contribution in [2.45, 2.75) is 10.4 Å². The normalized spacial score (nSPS) is 14.7. The zero-order valence-electron chi connectivity index (χ0n) is 9.64. The smallest absolute Gasteiger partial charge is 0.328 e. The minimum Gasteiger partial charge on any atom is -0.328 e. The Morgan fingerprint density at radius 3 is 2.11 bits per heavy atom. The van der Waals surface area contributed by atoms with E-state index in [1.54, 1.807) is 0 Å². The van der Waals surface area contributed by atoms with Crippen molar-refractivity contribution in [3.8, 4) is 0 Å². The molecule has 1 unspecified atom stereocenters. The molecule has 0 bridgehead atoms. The fraction of sp³-hybridized carbons (Fsp3) is 0.300. The average Bonchev–Trinajstić information content (AvgIpc) is 2.28. The van der Waals surface area contributed by atoms with Gasteiger partial charge < -0.3 is 4.90 Å².